The summed E-state index contributed by atoms with van der Waals surface area (Å²) in [5.74, 6) is 3.12. The lowest BCUT2D eigenvalue weighted by Crippen LogP contribution is -2.19. The van der Waals surface area contributed by atoms with Crippen LogP contribution in [-0.4, -0.2) is 44.8 Å². The average molecular weight is 796 g/mol. The Hall–Kier alpha value is -7.90. The van der Waals surface area contributed by atoms with Crippen molar-refractivity contribution in [3.8, 4) is 34.1 Å². The van der Waals surface area contributed by atoms with E-state index < -0.39 is 0 Å². The van der Waals surface area contributed by atoms with Gasteiger partial charge in [0.15, 0.2) is 0 Å². The highest BCUT2D eigenvalue weighted by atomic mass is 16.5. The number of nitrogens with zero attached hydrogens (tertiary/aromatic N) is 2. The third-order valence-corrected chi connectivity index (χ3v) is 11.5. The number of allylic oxidation sites excluding steroid dienone is 5. The van der Waals surface area contributed by atoms with Crippen LogP contribution in [0.5, 0.6) is 23.0 Å². The molecule has 296 valence electrons. The number of rotatable bonds is 8. The molecule has 1 aromatic heterocycles. The second kappa shape index (κ2) is 15.7. The second-order valence-electron chi connectivity index (χ2n) is 14.8. The van der Waals surface area contributed by atoms with Gasteiger partial charge in [0.1, 0.15) is 23.0 Å². The van der Waals surface area contributed by atoms with Gasteiger partial charge in [0.05, 0.1) is 51.3 Å². The number of aliphatic imine (C=N–C) groups is 2. The van der Waals surface area contributed by atoms with Crippen LogP contribution in [0.3, 0.4) is 0 Å². The molecule has 0 saturated heterocycles. The molecule has 61 heavy (non-hydrogen) atoms. The highest BCUT2D eigenvalue weighted by molar-refractivity contribution is 6.35. The van der Waals surface area contributed by atoms with Gasteiger partial charge in [0.25, 0.3) is 0 Å². The summed E-state index contributed by atoms with van der Waals surface area (Å²) in [5.41, 5.74) is 15.6. The molecular weight excluding hydrogens is 755 g/mol. The van der Waals surface area contributed by atoms with Crippen molar-refractivity contribution in [2.24, 2.45) is 9.98 Å². The Morgan fingerprint density at radius 2 is 0.721 bits per heavy atom. The van der Waals surface area contributed by atoms with Gasteiger partial charge in [-0.15, -0.1) is 0 Å². The predicted molar refractivity (Wildman–Crippen MR) is 245 cm³/mol. The molecule has 0 radical (unpaired) electrons. The van der Waals surface area contributed by atoms with Crippen LogP contribution in [0, 0.1) is 0 Å². The summed E-state index contributed by atoms with van der Waals surface area (Å²) >= 11 is 0. The minimum atomic E-state index is 0.774. The van der Waals surface area contributed by atoms with Gasteiger partial charge in [0.2, 0.25) is 0 Å². The first-order valence-electron chi connectivity index (χ1n) is 20.1. The summed E-state index contributed by atoms with van der Waals surface area (Å²) in [7, 11) is 6.75. The number of aromatic nitrogens is 1. The molecule has 5 aromatic rings. The molecule has 0 fully saturated rings. The maximum absolute atomic E-state index is 5.63. The van der Waals surface area contributed by atoms with Crippen molar-refractivity contribution in [2.45, 2.75) is 0 Å². The van der Waals surface area contributed by atoms with Crippen LogP contribution in [-0.2, 0) is 0 Å². The standard InChI is InChI=1S/C54H41N3O4/c1-58-37-18-10-33(11-19-37)51-43-32-44(42-9-7-5-6-8-41(42)43)52(34-12-20-38(59-2)21-13-34)46-27-29-48(56-46)54(36-16-24-40(61-4)25-17-36)50-31-30-49(57-50)53(47-28-26-45(51)55-47)35-14-22-39(60-3)23-15-35/h5-32,55H,1-4H3. The zero-order valence-electron chi connectivity index (χ0n) is 34.2. The van der Waals surface area contributed by atoms with E-state index in [4.69, 9.17) is 28.9 Å². The Kier molecular flexibility index (Phi) is 9.62. The monoisotopic (exact) mass is 795 g/mol. The molecule has 10 rings (SSSR count). The number of hydrogen-bond donors (Lipinski definition) is 1. The number of benzene rings is 4. The third kappa shape index (κ3) is 6.76. The first kappa shape index (κ1) is 37.4. The molecular formula is C54H41N3O4. The van der Waals surface area contributed by atoms with Crippen LogP contribution in [0.15, 0.2) is 191 Å². The van der Waals surface area contributed by atoms with Crippen molar-refractivity contribution in [3.63, 3.8) is 0 Å². The molecule has 0 atom stereocenters. The molecule has 0 spiro atoms. The van der Waals surface area contributed by atoms with E-state index in [1.165, 1.54) is 0 Å². The fourth-order valence-electron chi connectivity index (χ4n) is 8.50. The number of aromatic amines is 1. The minimum Gasteiger partial charge on any atom is -0.497 e. The van der Waals surface area contributed by atoms with E-state index >= 15 is 0 Å². The first-order valence-corrected chi connectivity index (χ1v) is 20.1. The third-order valence-electron chi connectivity index (χ3n) is 11.5. The number of methoxy groups -OCH3 is 4. The van der Waals surface area contributed by atoms with Crippen molar-refractivity contribution >= 4 is 33.7 Å². The van der Waals surface area contributed by atoms with Gasteiger partial charge in [-0.3, -0.25) is 0 Å². The van der Waals surface area contributed by atoms with Gasteiger partial charge in [-0.1, -0.05) is 78.9 Å². The van der Waals surface area contributed by atoms with E-state index in [-0.39, 0.29) is 0 Å². The van der Waals surface area contributed by atoms with Crippen molar-refractivity contribution < 1.29 is 18.9 Å². The van der Waals surface area contributed by atoms with E-state index in [2.05, 4.69) is 126 Å². The molecule has 3 aliphatic heterocycles. The van der Waals surface area contributed by atoms with Gasteiger partial charge in [-0.2, -0.15) is 0 Å². The van der Waals surface area contributed by atoms with Crippen LogP contribution in [0.4, 0.5) is 0 Å². The Labute approximate surface area is 354 Å². The van der Waals surface area contributed by atoms with Gasteiger partial charge in [-0.25, -0.2) is 9.98 Å². The van der Waals surface area contributed by atoms with Crippen molar-refractivity contribution in [1.82, 2.24) is 4.98 Å². The molecule has 0 amide bonds. The lowest BCUT2D eigenvalue weighted by molar-refractivity contribution is 0.414. The SMILES string of the molecule is COc1ccc(C2=C3C=CC(=N3)C(c3ccc(OC)cc3)=c3ccc([nH]3)=C(c3ccc(OC)cc3)c3cc(c4cccccc3-4)C(c3ccc(OC)cc3)=C3C=CC2=N3)cc1. The molecule has 4 aromatic carbocycles. The quantitative estimate of drug-likeness (QED) is 0.166. The van der Waals surface area contributed by atoms with Crippen LogP contribution in [0.1, 0.15) is 33.4 Å². The first-order chi connectivity index (χ1) is 30.0. The van der Waals surface area contributed by atoms with Crippen LogP contribution in [0.25, 0.3) is 33.4 Å². The molecule has 5 aliphatic rings. The smallest absolute Gasteiger partial charge is 0.118 e. The molecule has 2 aliphatic carbocycles. The Balaban J connectivity index is 1.36. The summed E-state index contributed by atoms with van der Waals surface area (Å²) in [4.78, 5) is 14.8. The Morgan fingerprint density at radius 1 is 0.344 bits per heavy atom. The topological polar surface area (TPSA) is 77.4 Å². The molecule has 0 unspecified atom stereocenters. The van der Waals surface area contributed by atoms with Gasteiger partial charge < -0.3 is 23.9 Å². The molecule has 0 saturated carbocycles. The van der Waals surface area contributed by atoms with Crippen molar-refractivity contribution in [3.05, 3.63) is 225 Å². The van der Waals surface area contributed by atoms with Crippen LogP contribution >= 0.6 is 0 Å². The summed E-state index contributed by atoms with van der Waals surface area (Å²) in [6, 6.07) is 50.2. The number of nitrogens with one attached hydrogen (secondary N) is 1. The molecule has 7 nitrogen and oxygen atoms in total. The van der Waals surface area contributed by atoms with Crippen molar-refractivity contribution in [1.29, 1.82) is 0 Å². The summed E-state index contributed by atoms with van der Waals surface area (Å²) in [5, 5.41) is 1.88. The van der Waals surface area contributed by atoms with Crippen LogP contribution < -0.4 is 29.6 Å². The maximum Gasteiger partial charge on any atom is 0.118 e. The highest BCUT2D eigenvalue weighted by Crippen LogP contribution is 2.45. The van der Waals surface area contributed by atoms with E-state index in [1.807, 2.05) is 48.5 Å². The Morgan fingerprint density at radius 3 is 1.20 bits per heavy atom. The van der Waals surface area contributed by atoms with Gasteiger partial charge in [0, 0.05) is 33.0 Å². The van der Waals surface area contributed by atoms with Crippen LogP contribution in [0.2, 0.25) is 0 Å². The second-order valence-corrected chi connectivity index (χ2v) is 14.8. The zero-order chi connectivity index (χ0) is 41.5. The molecule has 1 N–H and O–H groups in total. The van der Waals surface area contributed by atoms with E-state index in [0.717, 1.165) is 123 Å². The Bertz CT molecular complexity index is 3120. The number of hydrogen-bond acceptors (Lipinski definition) is 6. The fraction of sp³-hybridized carbons (Fsp3) is 0.0741. The normalized spacial score (nSPS) is 14.4. The predicted octanol–water partition coefficient (Wildman–Crippen LogP) is 9.81. The van der Waals surface area contributed by atoms with E-state index in [9.17, 15) is 0 Å². The molecule has 8 bridgehead atoms. The summed E-state index contributed by atoms with van der Waals surface area (Å²) in [6.07, 6.45) is 8.42. The lowest BCUT2D eigenvalue weighted by Gasteiger charge is -2.13. The minimum absolute atomic E-state index is 0.774. The number of ether oxygens (including phenoxy) is 4. The largest absolute Gasteiger partial charge is 0.497 e. The fourth-order valence-corrected chi connectivity index (χ4v) is 8.50. The number of fused-ring (bicyclic) bond motifs is 9. The zero-order valence-corrected chi connectivity index (χ0v) is 34.2. The highest BCUT2D eigenvalue weighted by Gasteiger charge is 2.27. The average Bonchev–Trinajstić information content (AvgIpc) is 4.12. The maximum atomic E-state index is 5.63. The van der Waals surface area contributed by atoms with Gasteiger partial charge >= 0.3 is 0 Å². The number of H-pyrrole nitrogens is 1. The van der Waals surface area contributed by atoms with E-state index in [0.29, 0.717) is 0 Å². The summed E-state index contributed by atoms with van der Waals surface area (Å²) in [6.45, 7) is 0. The molecule has 4 heterocycles. The van der Waals surface area contributed by atoms with Crippen molar-refractivity contribution in [2.75, 3.05) is 28.4 Å². The van der Waals surface area contributed by atoms with Gasteiger partial charge in [-0.05, 0) is 136 Å². The lowest BCUT2D eigenvalue weighted by atomic mass is 9.94. The molecule has 7 heteroatoms. The summed E-state index contributed by atoms with van der Waals surface area (Å²) < 4.78 is 22.4. The van der Waals surface area contributed by atoms with E-state index in [1.54, 1.807) is 28.4 Å².